The monoisotopic (exact) mass is 221 g/mol. The number of carboxylic acid groups (broad SMARTS) is 1. The molecular weight excluding hydrogens is 210 g/mol. The average molecular weight is 221 g/mol. The van der Waals surface area contributed by atoms with Crippen LogP contribution in [0.1, 0.15) is 18.4 Å². The maximum Gasteiger partial charge on any atom is 0.309 e. The summed E-state index contributed by atoms with van der Waals surface area (Å²) < 4.78 is 0. The molecule has 5 heteroatoms. The number of nitro benzene ring substituents is 1. The van der Waals surface area contributed by atoms with Crippen LogP contribution in [0.15, 0.2) is 24.3 Å². The van der Waals surface area contributed by atoms with Crippen LogP contribution >= 0.6 is 0 Å². The van der Waals surface area contributed by atoms with E-state index >= 15 is 0 Å². The van der Waals surface area contributed by atoms with Crippen LogP contribution in [0, 0.1) is 15.5 Å². The molecule has 2 rings (SSSR count). The Labute approximate surface area is 91.9 Å². The smallest absolute Gasteiger partial charge is 0.309 e. The summed E-state index contributed by atoms with van der Waals surface area (Å²) in [4.78, 5) is 21.3. The van der Waals surface area contributed by atoms with E-state index in [4.69, 9.17) is 5.11 Å². The van der Waals surface area contributed by atoms with E-state index in [1.807, 2.05) is 0 Å². The molecule has 0 aromatic heterocycles. The molecule has 0 atom stereocenters. The van der Waals surface area contributed by atoms with Gasteiger partial charge in [0.05, 0.1) is 10.3 Å². The number of benzene rings is 1. The van der Waals surface area contributed by atoms with Gasteiger partial charge in [-0.15, -0.1) is 0 Å². The Hall–Kier alpha value is -1.91. The number of aliphatic carboxylic acids is 1. The van der Waals surface area contributed by atoms with Crippen molar-refractivity contribution in [2.45, 2.75) is 19.3 Å². The van der Waals surface area contributed by atoms with Crippen molar-refractivity contribution in [2.24, 2.45) is 5.41 Å². The van der Waals surface area contributed by atoms with E-state index in [2.05, 4.69) is 0 Å². The highest BCUT2D eigenvalue weighted by Gasteiger charge is 2.50. The average Bonchev–Trinajstić information content (AvgIpc) is 2.99. The van der Waals surface area contributed by atoms with Gasteiger partial charge in [-0.3, -0.25) is 14.9 Å². The van der Waals surface area contributed by atoms with Gasteiger partial charge in [-0.25, -0.2) is 0 Å². The van der Waals surface area contributed by atoms with Gasteiger partial charge in [-0.1, -0.05) is 18.2 Å². The van der Waals surface area contributed by atoms with Gasteiger partial charge in [0, 0.05) is 11.6 Å². The zero-order valence-corrected chi connectivity index (χ0v) is 8.55. The second-order valence-corrected chi connectivity index (χ2v) is 4.15. The van der Waals surface area contributed by atoms with Crippen LogP contribution in [0.4, 0.5) is 5.69 Å². The SMILES string of the molecule is O=C(O)C1(Cc2ccccc2[N+](=O)[O-])CC1. The Kier molecular flexibility index (Phi) is 2.38. The molecule has 0 spiro atoms. The summed E-state index contributed by atoms with van der Waals surface area (Å²) in [5, 5.41) is 19.8. The first-order valence-electron chi connectivity index (χ1n) is 5.01. The lowest BCUT2D eigenvalue weighted by Crippen LogP contribution is -2.18. The second kappa shape index (κ2) is 3.59. The van der Waals surface area contributed by atoms with Crippen molar-refractivity contribution >= 4 is 11.7 Å². The quantitative estimate of drug-likeness (QED) is 0.622. The van der Waals surface area contributed by atoms with Crippen LogP contribution in [0.3, 0.4) is 0 Å². The molecule has 1 aliphatic rings. The molecule has 5 nitrogen and oxygen atoms in total. The lowest BCUT2D eigenvalue weighted by atomic mass is 9.95. The molecule has 1 aromatic carbocycles. The third-order valence-electron chi connectivity index (χ3n) is 3.02. The van der Waals surface area contributed by atoms with E-state index in [0.29, 0.717) is 18.4 Å². The van der Waals surface area contributed by atoms with Crippen molar-refractivity contribution in [1.82, 2.24) is 0 Å². The van der Waals surface area contributed by atoms with Crippen molar-refractivity contribution in [3.05, 3.63) is 39.9 Å². The Morgan fingerprint density at radius 2 is 2.06 bits per heavy atom. The predicted molar refractivity (Wildman–Crippen MR) is 56.1 cm³/mol. The topological polar surface area (TPSA) is 80.4 Å². The van der Waals surface area contributed by atoms with Crippen LogP contribution in [0.5, 0.6) is 0 Å². The highest BCUT2D eigenvalue weighted by Crippen LogP contribution is 2.49. The first kappa shape index (κ1) is 10.6. The van der Waals surface area contributed by atoms with E-state index in [0.717, 1.165) is 0 Å². The number of rotatable bonds is 4. The number of carboxylic acids is 1. The lowest BCUT2D eigenvalue weighted by molar-refractivity contribution is -0.385. The Morgan fingerprint density at radius 3 is 2.56 bits per heavy atom. The van der Waals surface area contributed by atoms with Gasteiger partial charge in [0.15, 0.2) is 0 Å². The largest absolute Gasteiger partial charge is 0.481 e. The second-order valence-electron chi connectivity index (χ2n) is 4.15. The fourth-order valence-corrected chi connectivity index (χ4v) is 1.82. The molecule has 1 fully saturated rings. The Balaban J connectivity index is 2.28. The molecule has 1 saturated carbocycles. The van der Waals surface area contributed by atoms with Gasteiger partial charge in [0.25, 0.3) is 5.69 Å². The normalized spacial score (nSPS) is 16.8. The standard InChI is InChI=1S/C11H11NO4/c13-10(14)11(5-6-11)7-8-3-1-2-4-9(8)12(15)16/h1-4H,5-7H2,(H,13,14). The van der Waals surface area contributed by atoms with Crippen molar-refractivity contribution in [3.63, 3.8) is 0 Å². The van der Waals surface area contributed by atoms with Gasteiger partial charge in [-0.2, -0.15) is 0 Å². The highest BCUT2D eigenvalue weighted by molar-refractivity contribution is 5.78. The maximum absolute atomic E-state index is 11.0. The molecule has 0 saturated heterocycles. The molecule has 1 aromatic rings. The molecule has 0 amide bonds. The zero-order valence-electron chi connectivity index (χ0n) is 8.55. The molecule has 1 N–H and O–H groups in total. The van der Waals surface area contributed by atoms with Crippen molar-refractivity contribution in [1.29, 1.82) is 0 Å². The Morgan fingerprint density at radius 1 is 1.44 bits per heavy atom. The molecule has 84 valence electrons. The van der Waals surface area contributed by atoms with Crippen LogP contribution < -0.4 is 0 Å². The summed E-state index contributed by atoms with van der Waals surface area (Å²) in [6.07, 6.45) is 1.46. The van der Waals surface area contributed by atoms with Crippen molar-refractivity contribution in [3.8, 4) is 0 Å². The van der Waals surface area contributed by atoms with Crippen molar-refractivity contribution < 1.29 is 14.8 Å². The molecular formula is C11H11NO4. The van der Waals surface area contributed by atoms with Gasteiger partial charge in [0.1, 0.15) is 0 Å². The molecule has 0 unspecified atom stereocenters. The highest BCUT2D eigenvalue weighted by atomic mass is 16.6. The van der Waals surface area contributed by atoms with E-state index in [1.54, 1.807) is 18.2 Å². The summed E-state index contributed by atoms with van der Waals surface area (Å²) in [5.41, 5.74) is -0.242. The third-order valence-corrected chi connectivity index (χ3v) is 3.02. The molecule has 0 heterocycles. The van der Waals surface area contributed by atoms with Crippen LogP contribution in [0.25, 0.3) is 0 Å². The van der Waals surface area contributed by atoms with Crippen LogP contribution in [-0.4, -0.2) is 16.0 Å². The predicted octanol–water partition coefficient (Wildman–Crippen LogP) is 2.00. The lowest BCUT2D eigenvalue weighted by Gasteiger charge is -2.09. The minimum atomic E-state index is -0.856. The maximum atomic E-state index is 11.0. The number of nitrogens with zero attached hydrogens (tertiary/aromatic N) is 1. The third kappa shape index (κ3) is 1.76. The van der Waals surface area contributed by atoms with Gasteiger partial charge >= 0.3 is 5.97 Å². The minimum Gasteiger partial charge on any atom is -0.481 e. The summed E-state index contributed by atoms with van der Waals surface area (Å²) in [6, 6.07) is 6.32. The fourth-order valence-electron chi connectivity index (χ4n) is 1.82. The zero-order chi connectivity index (χ0) is 11.8. The van der Waals surface area contributed by atoms with Gasteiger partial charge < -0.3 is 5.11 Å². The van der Waals surface area contributed by atoms with Crippen LogP contribution in [0.2, 0.25) is 0 Å². The van der Waals surface area contributed by atoms with E-state index in [-0.39, 0.29) is 12.1 Å². The molecule has 0 radical (unpaired) electrons. The van der Waals surface area contributed by atoms with Crippen LogP contribution in [-0.2, 0) is 11.2 Å². The van der Waals surface area contributed by atoms with E-state index in [1.165, 1.54) is 6.07 Å². The summed E-state index contributed by atoms with van der Waals surface area (Å²) in [7, 11) is 0. The number of carbonyl (C=O) groups is 1. The first-order chi connectivity index (χ1) is 7.55. The van der Waals surface area contributed by atoms with E-state index in [9.17, 15) is 14.9 Å². The number of hydrogen-bond acceptors (Lipinski definition) is 3. The number of hydrogen-bond donors (Lipinski definition) is 1. The molecule has 1 aliphatic carbocycles. The molecule has 0 bridgehead atoms. The first-order valence-corrected chi connectivity index (χ1v) is 5.01. The van der Waals surface area contributed by atoms with E-state index < -0.39 is 16.3 Å². The fraction of sp³-hybridized carbons (Fsp3) is 0.364. The van der Waals surface area contributed by atoms with Gasteiger partial charge in [-0.05, 0) is 19.3 Å². The van der Waals surface area contributed by atoms with Gasteiger partial charge in [0.2, 0.25) is 0 Å². The summed E-state index contributed by atoms with van der Waals surface area (Å²) in [6.45, 7) is 0. The summed E-state index contributed by atoms with van der Waals surface area (Å²) >= 11 is 0. The summed E-state index contributed by atoms with van der Waals surface area (Å²) in [5.74, 6) is -0.856. The molecule has 16 heavy (non-hydrogen) atoms. The Bertz CT molecular complexity index is 451. The minimum absolute atomic E-state index is 0.00928. The van der Waals surface area contributed by atoms with Crippen molar-refractivity contribution in [2.75, 3.05) is 0 Å². The molecule has 0 aliphatic heterocycles. The number of nitro groups is 1. The number of para-hydroxylation sites is 1.